The molecule has 0 aliphatic heterocycles. The molecule has 0 bridgehead atoms. The summed E-state index contributed by atoms with van der Waals surface area (Å²) in [6.45, 7) is 7.46. The zero-order valence-corrected chi connectivity index (χ0v) is 7.68. The molecule has 0 aliphatic carbocycles. The van der Waals surface area contributed by atoms with E-state index in [-0.39, 0.29) is 0 Å². The fourth-order valence-electron chi connectivity index (χ4n) is 0.770. The van der Waals surface area contributed by atoms with Crippen LogP contribution in [0.1, 0.15) is 5.56 Å². The van der Waals surface area contributed by atoms with Gasteiger partial charge in [-0.1, -0.05) is 49.6 Å². The number of rotatable bonds is 2. The van der Waals surface area contributed by atoms with Crippen LogP contribution in [-0.2, 0) is 0 Å². The molecule has 0 heterocycles. The molecule has 74 valence electrons. The second-order valence-corrected chi connectivity index (χ2v) is 2.38. The van der Waals surface area contributed by atoms with Gasteiger partial charge in [-0.25, -0.2) is 4.79 Å². The van der Waals surface area contributed by atoms with Crippen LogP contribution < -0.4 is 0 Å². The molecule has 0 atom stereocenters. The molecule has 0 aromatic heterocycles. The Hall–Kier alpha value is -2.03. The van der Waals surface area contributed by atoms with Gasteiger partial charge in [0.1, 0.15) is 0 Å². The van der Waals surface area contributed by atoms with Crippen molar-refractivity contribution in [2.24, 2.45) is 0 Å². The average molecular weight is 192 g/mol. The highest BCUT2D eigenvalue weighted by atomic mass is 16.6. The second-order valence-electron chi connectivity index (χ2n) is 2.38. The monoisotopic (exact) mass is 192 g/mol. The molecule has 0 fully saturated rings. The molecule has 3 nitrogen and oxygen atoms in total. The lowest BCUT2D eigenvalue weighted by molar-refractivity contribution is 0.137. The number of allylic oxidation sites excluding steroid dienone is 2. The maximum absolute atomic E-state index is 8.56. The molecule has 3 heteroatoms. The van der Waals surface area contributed by atoms with Crippen molar-refractivity contribution in [1.29, 1.82) is 0 Å². The van der Waals surface area contributed by atoms with E-state index in [0.29, 0.717) is 0 Å². The van der Waals surface area contributed by atoms with Crippen molar-refractivity contribution in [2.75, 3.05) is 0 Å². The van der Waals surface area contributed by atoms with E-state index in [2.05, 4.69) is 13.2 Å². The van der Waals surface area contributed by atoms with Gasteiger partial charge in [0.05, 0.1) is 0 Å². The van der Waals surface area contributed by atoms with Gasteiger partial charge in [0, 0.05) is 0 Å². The maximum Gasteiger partial charge on any atom is 0.503 e. The van der Waals surface area contributed by atoms with Crippen molar-refractivity contribution in [1.82, 2.24) is 0 Å². The fourth-order valence-corrected chi connectivity index (χ4v) is 0.770. The molecule has 0 radical (unpaired) electrons. The summed E-state index contributed by atoms with van der Waals surface area (Å²) < 4.78 is 0. The minimum absolute atomic E-state index is 0.973. The summed E-state index contributed by atoms with van der Waals surface area (Å²) in [7, 11) is 0. The zero-order chi connectivity index (χ0) is 11.0. The number of carbonyl (C=O) groups is 1. The Kier molecular flexibility index (Phi) is 5.54. The third-order valence-corrected chi connectivity index (χ3v) is 1.39. The molecule has 1 aromatic rings. The Labute approximate surface area is 82.6 Å². The van der Waals surface area contributed by atoms with Crippen molar-refractivity contribution >= 4 is 11.7 Å². The molecular weight excluding hydrogens is 180 g/mol. The third kappa shape index (κ3) is 5.60. The van der Waals surface area contributed by atoms with Crippen LogP contribution in [-0.4, -0.2) is 16.4 Å². The summed E-state index contributed by atoms with van der Waals surface area (Å²) in [5.41, 5.74) is 2.11. The van der Waals surface area contributed by atoms with Crippen molar-refractivity contribution in [3.05, 3.63) is 55.1 Å². The largest absolute Gasteiger partial charge is 0.503 e. The lowest BCUT2D eigenvalue weighted by Crippen LogP contribution is -1.81. The standard InChI is InChI=1S/C10H10.CH2O3/c1-3-9(2)10-7-5-4-6-8-10;2-1(3)4/h3-8H,1-2H2;(H2,2,3,4). The predicted molar refractivity (Wildman–Crippen MR) is 56.3 cm³/mol. The van der Waals surface area contributed by atoms with Crippen molar-refractivity contribution in [3.8, 4) is 0 Å². The van der Waals surface area contributed by atoms with Gasteiger partial charge in [-0.2, -0.15) is 0 Å². The Morgan fingerprint density at radius 1 is 1.21 bits per heavy atom. The molecule has 0 saturated heterocycles. The summed E-state index contributed by atoms with van der Waals surface area (Å²) in [6.07, 6.45) is -0.0741. The number of benzene rings is 1. The van der Waals surface area contributed by atoms with Crippen LogP contribution in [0.25, 0.3) is 5.57 Å². The SMILES string of the molecule is C=CC(=C)c1ccccc1.O=C(O)O. The molecular formula is C11H12O3. The summed E-state index contributed by atoms with van der Waals surface area (Å²) in [4.78, 5) is 8.56. The normalized spacial score (nSPS) is 8.00. The Bertz CT molecular complexity index is 311. The first kappa shape index (κ1) is 12.0. The maximum atomic E-state index is 8.56. The van der Waals surface area contributed by atoms with Crippen LogP contribution in [0.15, 0.2) is 49.6 Å². The lowest BCUT2D eigenvalue weighted by atomic mass is 10.1. The van der Waals surface area contributed by atoms with Gasteiger partial charge in [0.25, 0.3) is 0 Å². The van der Waals surface area contributed by atoms with Crippen molar-refractivity contribution in [2.45, 2.75) is 0 Å². The third-order valence-electron chi connectivity index (χ3n) is 1.39. The molecule has 0 aliphatic rings. The second kappa shape index (κ2) is 6.48. The van der Waals surface area contributed by atoms with Crippen LogP contribution >= 0.6 is 0 Å². The quantitative estimate of drug-likeness (QED) is 0.708. The summed E-state index contributed by atoms with van der Waals surface area (Å²) in [5.74, 6) is 0. The van der Waals surface area contributed by atoms with Gasteiger partial charge in [-0.3, -0.25) is 0 Å². The molecule has 1 rings (SSSR count). The van der Waals surface area contributed by atoms with Crippen LogP contribution in [0, 0.1) is 0 Å². The van der Waals surface area contributed by atoms with Gasteiger partial charge in [0.2, 0.25) is 0 Å². The molecule has 14 heavy (non-hydrogen) atoms. The first-order chi connectivity index (χ1) is 6.57. The number of hydrogen-bond acceptors (Lipinski definition) is 1. The molecule has 0 saturated carbocycles. The minimum atomic E-state index is -1.83. The first-order valence-electron chi connectivity index (χ1n) is 3.86. The highest BCUT2D eigenvalue weighted by molar-refractivity contribution is 5.71. The zero-order valence-electron chi connectivity index (χ0n) is 7.68. The smallest absolute Gasteiger partial charge is 0.450 e. The van der Waals surface area contributed by atoms with Crippen LogP contribution in [0.4, 0.5) is 4.79 Å². The predicted octanol–water partition coefficient (Wildman–Crippen LogP) is 3.11. The van der Waals surface area contributed by atoms with Crippen LogP contribution in [0.2, 0.25) is 0 Å². The van der Waals surface area contributed by atoms with Gasteiger partial charge in [-0.05, 0) is 11.1 Å². The first-order valence-corrected chi connectivity index (χ1v) is 3.86. The molecule has 2 N–H and O–H groups in total. The number of carboxylic acid groups (broad SMARTS) is 2. The lowest BCUT2D eigenvalue weighted by Gasteiger charge is -1.96. The summed E-state index contributed by atoms with van der Waals surface area (Å²) in [5, 5.41) is 13.9. The van der Waals surface area contributed by atoms with E-state index < -0.39 is 6.16 Å². The fraction of sp³-hybridized carbons (Fsp3) is 0. The van der Waals surface area contributed by atoms with Crippen molar-refractivity contribution in [3.63, 3.8) is 0 Å². The molecule has 0 unspecified atom stereocenters. The van der Waals surface area contributed by atoms with E-state index >= 15 is 0 Å². The highest BCUT2D eigenvalue weighted by Gasteiger charge is 1.88. The van der Waals surface area contributed by atoms with Gasteiger partial charge in [-0.15, -0.1) is 0 Å². The Balaban J connectivity index is 0.000000364. The minimum Gasteiger partial charge on any atom is -0.450 e. The van der Waals surface area contributed by atoms with Gasteiger partial charge < -0.3 is 10.2 Å². The average Bonchev–Trinajstić information content (AvgIpc) is 2.17. The van der Waals surface area contributed by atoms with E-state index in [1.54, 1.807) is 6.08 Å². The number of hydrogen-bond donors (Lipinski definition) is 2. The van der Waals surface area contributed by atoms with Gasteiger partial charge >= 0.3 is 6.16 Å². The van der Waals surface area contributed by atoms with E-state index in [1.165, 1.54) is 0 Å². The molecule has 1 aromatic carbocycles. The summed E-state index contributed by atoms with van der Waals surface area (Å²) >= 11 is 0. The van der Waals surface area contributed by atoms with Crippen molar-refractivity contribution < 1.29 is 15.0 Å². The van der Waals surface area contributed by atoms with E-state index in [0.717, 1.165) is 11.1 Å². The molecule has 0 amide bonds. The Morgan fingerprint density at radius 2 is 1.64 bits per heavy atom. The van der Waals surface area contributed by atoms with E-state index in [1.807, 2.05) is 30.3 Å². The summed E-state index contributed by atoms with van der Waals surface area (Å²) in [6, 6.07) is 10.0. The topological polar surface area (TPSA) is 57.5 Å². The van der Waals surface area contributed by atoms with Gasteiger partial charge in [0.15, 0.2) is 0 Å². The highest BCUT2D eigenvalue weighted by Crippen LogP contribution is 2.10. The van der Waals surface area contributed by atoms with E-state index in [4.69, 9.17) is 15.0 Å². The Morgan fingerprint density at radius 3 is 2.00 bits per heavy atom. The van der Waals surface area contributed by atoms with E-state index in [9.17, 15) is 0 Å². The molecule has 0 spiro atoms. The van der Waals surface area contributed by atoms with Crippen LogP contribution in [0.5, 0.6) is 0 Å². The van der Waals surface area contributed by atoms with Crippen LogP contribution in [0.3, 0.4) is 0 Å².